The number of ether oxygens (including phenoxy) is 2. The third-order valence-corrected chi connectivity index (χ3v) is 3.15. The van der Waals surface area contributed by atoms with Crippen molar-refractivity contribution in [1.29, 1.82) is 0 Å². The summed E-state index contributed by atoms with van der Waals surface area (Å²) in [5, 5.41) is 0. The van der Waals surface area contributed by atoms with E-state index in [4.69, 9.17) is 9.47 Å². The van der Waals surface area contributed by atoms with E-state index in [1.165, 1.54) is 0 Å². The highest BCUT2D eigenvalue weighted by Gasteiger charge is 2.26. The molecule has 0 aromatic rings. The number of hydrogen-bond acceptors (Lipinski definition) is 3. The Hall–Kier alpha value is -0.0400. The molecule has 0 bridgehead atoms. The predicted octanol–water partition coefficient (Wildman–Crippen LogP) is 3.23. The second-order valence-corrected chi connectivity index (χ2v) is 6.68. The molecule has 1 aliphatic heterocycles. The minimum Gasteiger partial charge on any atom is -0.444 e. The molecule has 1 amide bonds. The maximum atomic E-state index is 12.0. The zero-order valence-electron chi connectivity index (χ0n) is 11.6. The average Bonchev–Trinajstić information content (AvgIpc) is 2.49. The van der Waals surface area contributed by atoms with Gasteiger partial charge in [0.2, 0.25) is 0 Å². The summed E-state index contributed by atoms with van der Waals surface area (Å²) in [6.07, 6.45) is 3.13. The molecule has 0 radical (unpaired) electrons. The fourth-order valence-electron chi connectivity index (χ4n) is 1.94. The Labute approximate surface area is 124 Å². The van der Waals surface area contributed by atoms with Gasteiger partial charge in [0.15, 0.2) is 0 Å². The van der Waals surface area contributed by atoms with Gasteiger partial charge in [-0.15, -0.1) is 0 Å². The van der Waals surface area contributed by atoms with Crippen LogP contribution in [0.3, 0.4) is 0 Å². The van der Waals surface area contributed by atoms with Crippen molar-refractivity contribution in [1.82, 2.24) is 4.90 Å². The summed E-state index contributed by atoms with van der Waals surface area (Å²) < 4.78 is 12.2. The van der Waals surface area contributed by atoms with Crippen molar-refractivity contribution in [3.63, 3.8) is 0 Å². The van der Waals surface area contributed by atoms with Gasteiger partial charge in [-0.3, -0.25) is 0 Å². The topological polar surface area (TPSA) is 38.8 Å². The molecule has 106 valence electrons. The van der Waals surface area contributed by atoms with Crippen LogP contribution in [-0.4, -0.2) is 46.8 Å². The lowest BCUT2D eigenvalue weighted by Crippen LogP contribution is -2.41. The van der Waals surface area contributed by atoms with Crippen LogP contribution in [0.5, 0.6) is 0 Å². The number of likely N-dealkylation sites (tertiary alicyclic amines) is 1. The van der Waals surface area contributed by atoms with E-state index in [9.17, 15) is 4.79 Å². The first kappa shape index (κ1) is 16.0. The molecule has 0 saturated carbocycles. The van der Waals surface area contributed by atoms with Crippen LogP contribution in [0.25, 0.3) is 0 Å². The van der Waals surface area contributed by atoms with Gasteiger partial charge < -0.3 is 14.4 Å². The Morgan fingerprint density at radius 2 is 2.11 bits per heavy atom. The van der Waals surface area contributed by atoms with Crippen LogP contribution in [0.1, 0.15) is 40.0 Å². The lowest BCUT2D eigenvalue weighted by atomic mass is 10.2. The molecule has 4 nitrogen and oxygen atoms in total. The van der Waals surface area contributed by atoms with E-state index >= 15 is 0 Å². The number of hydrogen-bond donors (Lipinski definition) is 0. The van der Waals surface area contributed by atoms with Gasteiger partial charge in [0.05, 0.1) is 19.3 Å². The Kier molecular flexibility index (Phi) is 6.70. The van der Waals surface area contributed by atoms with E-state index in [-0.39, 0.29) is 12.2 Å². The van der Waals surface area contributed by atoms with Crippen molar-refractivity contribution in [2.75, 3.05) is 24.1 Å². The quantitative estimate of drug-likeness (QED) is 0.567. The third-order valence-electron chi connectivity index (χ3n) is 2.71. The van der Waals surface area contributed by atoms with Gasteiger partial charge in [0, 0.05) is 11.0 Å². The molecule has 1 heterocycles. The number of alkyl halides is 1. The highest BCUT2D eigenvalue weighted by atomic mass is 127. The number of carbonyl (C=O) groups excluding carboxylic acids is 1. The smallest absolute Gasteiger partial charge is 0.410 e. The van der Waals surface area contributed by atoms with Gasteiger partial charge in [0.25, 0.3) is 0 Å². The van der Waals surface area contributed by atoms with E-state index in [1.807, 2.05) is 20.8 Å². The summed E-state index contributed by atoms with van der Waals surface area (Å²) in [6, 6.07) is 0. The highest BCUT2D eigenvalue weighted by Crippen LogP contribution is 2.17. The lowest BCUT2D eigenvalue weighted by Gasteiger charge is -2.28. The molecule has 1 rings (SSSR count). The summed E-state index contributed by atoms with van der Waals surface area (Å²) in [6.45, 7) is 7.88. The van der Waals surface area contributed by atoms with Gasteiger partial charge in [-0.25, -0.2) is 4.79 Å². The summed E-state index contributed by atoms with van der Waals surface area (Å²) >= 11 is 2.30. The molecule has 5 heteroatoms. The Balaban J connectivity index is 2.50. The predicted molar refractivity (Wildman–Crippen MR) is 80.3 cm³/mol. The average molecular weight is 369 g/mol. The number of rotatable bonds is 3. The van der Waals surface area contributed by atoms with Crippen LogP contribution in [0.15, 0.2) is 0 Å². The maximum Gasteiger partial charge on any atom is 0.410 e. The van der Waals surface area contributed by atoms with E-state index in [1.54, 1.807) is 4.90 Å². The number of nitrogens with zero attached hydrogens (tertiary/aromatic N) is 1. The zero-order chi connectivity index (χ0) is 13.6. The molecule has 0 aromatic heterocycles. The monoisotopic (exact) mass is 369 g/mol. The van der Waals surface area contributed by atoms with Gasteiger partial charge in [-0.05, 0) is 40.0 Å². The van der Waals surface area contributed by atoms with Gasteiger partial charge in [0.1, 0.15) is 5.60 Å². The first-order valence-corrected chi connectivity index (χ1v) is 8.10. The van der Waals surface area contributed by atoms with Gasteiger partial charge in [-0.1, -0.05) is 22.6 Å². The molecule has 0 unspecified atom stereocenters. The molecule has 18 heavy (non-hydrogen) atoms. The van der Waals surface area contributed by atoms with Crippen molar-refractivity contribution in [3.05, 3.63) is 0 Å². The Bertz CT molecular complexity index is 265. The highest BCUT2D eigenvalue weighted by molar-refractivity contribution is 14.1. The number of halogens is 1. The van der Waals surface area contributed by atoms with Crippen molar-refractivity contribution >= 4 is 28.7 Å². The summed E-state index contributed by atoms with van der Waals surface area (Å²) in [7, 11) is 0. The van der Waals surface area contributed by atoms with Crippen LogP contribution in [0, 0.1) is 0 Å². The van der Waals surface area contributed by atoms with Crippen LogP contribution in [-0.2, 0) is 9.47 Å². The SMILES string of the molecule is CC(C)(C)OC(=O)N1CCCC[C@@H](OCCI)C1. The molecule has 1 saturated heterocycles. The third kappa shape index (κ3) is 6.22. The second kappa shape index (κ2) is 7.53. The maximum absolute atomic E-state index is 12.0. The Morgan fingerprint density at radius 1 is 1.39 bits per heavy atom. The normalized spacial score (nSPS) is 21.6. The molecule has 1 fully saturated rings. The number of amides is 1. The standard InChI is InChI=1S/C13H24INO3/c1-13(2,3)18-12(16)15-8-5-4-6-11(10-15)17-9-7-14/h11H,4-10H2,1-3H3/t11-/m1/s1. The largest absolute Gasteiger partial charge is 0.444 e. The van der Waals surface area contributed by atoms with E-state index in [2.05, 4.69) is 22.6 Å². The Morgan fingerprint density at radius 3 is 2.72 bits per heavy atom. The first-order valence-electron chi connectivity index (χ1n) is 6.58. The van der Waals surface area contributed by atoms with Crippen molar-refractivity contribution < 1.29 is 14.3 Å². The van der Waals surface area contributed by atoms with Crippen LogP contribution in [0.2, 0.25) is 0 Å². The zero-order valence-corrected chi connectivity index (χ0v) is 13.7. The van der Waals surface area contributed by atoms with Crippen molar-refractivity contribution in [2.45, 2.75) is 51.7 Å². The molecular weight excluding hydrogens is 345 g/mol. The summed E-state index contributed by atoms with van der Waals surface area (Å²) in [5.74, 6) is 0. The first-order chi connectivity index (χ1) is 8.42. The van der Waals surface area contributed by atoms with E-state index in [0.29, 0.717) is 6.54 Å². The fourth-order valence-corrected chi connectivity index (χ4v) is 2.20. The summed E-state index contributed by atoms with van der Waals surface area (Å²) in [4.78, 5) is 13.8. The van der Waals surface area contributed by atoms with Crippen LogP contribution in [0.4, 0.5) is 4.79 Å². The van der Waals surface area contributed by atoms with E-state index in [0.717, 1.165) is 36.8 Å². The second-order valence-electron chi connectivity index (χ2n) is 5.60. The fraction of sp³-hybridized carbons (Fsp3) is 0.923. The van der Waals surface area contributed by atoms with Crippen molar-refractivity contribution in [2.24, 2.45) is 0 Å². The van der Waals surface area contributed by atoms with Crippen LogP contribution < -0.4 is 0 Å². The molecule has 0 aromatic carbocycles. The van der Waals surface area contributed by atoms with E-state index < -0.39 is 5.60 Å². The van der Waals surface area contributed by atoms with Gasteiger partial charge in [-0.2, -0.15) is 0 Å². The minimum absolute atomic E-state index is 0.162. The molecule has 1 atom stereocenters. The van der Waals surface area contributed by atoms with Gasteiger partial charge >= 0.3 is 6.09 Å². The molecule has 0 N–H and O–H groups in total. The number of carbonyl (C=O) groups is 1. The molecule has 0 aliphatic carbocycles. The summed E-state index contributed by atoms with van der Waals surface area (Å²) in [5.41, 5.74) is -0.429. The molecule has 1 aliphatic rings. The minimum atomic E-state index is -0.429. The van der Waals surface area contributed by atoms with Crippen molar-refractivity contribution in [3.8, 4) is 0 Å². The molecule has 0 spiro atoms. The lowest BCUT2D eigenvalue weighted by molar-refractivity contribution is 0.00469. The van der Waals surface area contributed by atoms with Crippen LogP contribution >= 0.6 is 22.6 Å². The molecular formula is C13H24INO3.